The molecule has 0 saturated carbocycles. The molecule has 0 bridgehead atoms. The molecule has 20 atom stereocenters. The van der Waals surface area contributed by atoms with Crippen molar-refractivity contribution in [2.75, 3.05) is 25.2 Å². The van der Waals surface area contributed by atoms with Crippen LogP contribution in [-0.2, 0) is 148 Å². The molecule has 464 valence electrons. The number of hydrogen-bond donors (Lipinski definition) is 0. The first-order valence-electron chi connectivity index (χ1n) is 25.1. The zero-order valence-corrected chi connectivity index (χ0v) is 48.3. The van der Waals surface area contributed by atoms with Crippen LogP contribution >= 0.6 is 15.9 Å². The number of nitrogens with zero attached hydrogens (tertiary/aromatic N) is 3. The number of rotatable bonds is 23. The van der Waals surface area contributed by atoms with Crippen molar-refractivity contribution in [3.63, 3.8) is 0 Å². The molecule has 83 heavy (non-hydrogen) atoms. The van der Waals surface area contributed by atoms with Crippen molar-refractivity contribution in [2.24, 2.45) is 5.11 Å². The van der Waals surface area contributed by atoms with Crippen molar-refractivity contribution in [1.82, 2.24) is 0 Å². The number of carbonyl (C=O) groups is 12. The molecule has 4 heterocycles. The summed E-state index contributed by atoms with van der Waals surface area (Å²) in [6.07, 6.45) is -35.2. The lowest BCUT2D eigenvalue weighted by Gasteiger charge is -2.51. The van der Waals surface area contributed by atoms with E-state index in [1.807, 2.05) is 0 Å². The largest absolute Gasteiger partial charge is 0.463 e. The van der Waals surface area contributed by atoms with Crippen LogP contribution in [0.2, 0.25) is 0 Å². The number of hydrogen-bond acceptors (Lipinski definition) is 32. The van der Waals surface area contributed by atoms with E-state index >= 15 is 0 Å². The van der Waals surface area contributed by atoms with Crippen LogP contribution in [0.5, 0.6) is 0 Å². The fraction of sp³-hybridized carbons (Fsp3) is 0.750. The topological polar surface area (TPSA) is 429 Å². The molecule has 0 aromatic heterocycles. The zero-order valence-electron chi connectivity index (χ0n) is 46.8. The minimum atomic E-state index is -2.10. The van der Waals surface area contributed by atoms with Gasteiger partial charge in [-0.15, -0.1) is 0 Å². The van der Waals surface area contributed by atoms with Crippen molar-refractivity contribution >= 4 is 87.6 Å². The fourth-order valence-corrected chi connectivity index (χ4v) is 9.49. The van der Waals surface area contributed by atoms with Gasteiger partial charge in [-0.05, 0) is 5.53 Å². The molecule has 0 aromatic rings. The van der Waals surface area contributed by atoms with E-state index in [0.29, 0.717) is 0 Å². The minimum Gasteiger partial charge on any atom is -0.463 e. The van der Waals surface area contributed by atoms with Crippen molar-refractivity contribution in [3.05, 3.63) is 10.4 Å². The fourth-order valence-electron chi connectivity index (χ4n) is 8.97. The smallest absolute Gasteiger partial charge is 0.305 e. The molecule has 8 unspecified atom stereocenters. The predicted molar refractivity (Wildman–Crippen MR) is 262 cm³/mol. The van der Waals surface area contributed by atoms with Crippen LogP contribution in [-0.4, -0.2) is 220 Å². The first-order valence-corrected chi connectivity index (χ1v) is 26.2. The van der Waals surface area contributed by atoms with E-state index in [1.54, 1.807) is 0 Å². The molecule has 0 spiro atoms. The summed E-state index contributed by atoms with van der Waals surface area (Å²) in [5.74, 6) is -12.1. The van der Waals surface area contributed by atoms with Gasteiger partial charge in [-0.1, -0.05) is 21.0 Å². The Morgan fingerprint density at radius 1 is 0.337 bits per heavy atom. The second kappa shape index (κ2) is 31.7. The molecule has 4 aliphatic heterocycles. The molecule has 4 rings (SSSR count). The van der Waals surface area contributed by atoms with Gasteiger partial charge in [0, 0.05) is 93.3 Å². The first-order chi connectivity index (χ1) is 38.9. The summed E-state index contributed by atoms with van der Waals surface area (Å²) >= 11 is 3.32. The van der Waals surface area contributed by atoms with Crippen LogP contribution in [0.1, 0.15) is 83.1 Å². The van der Waals surface area contributed by atoms with E-state index < -0.39 is 214 Å². The number of azide groups is 1. The highest BCUT2D eigenvalue weighted by atomic mass is 79.9. The monoisotopic (exact) mass is 1260 g/mol. The number of ether oxygens (including phenoxy) is 19. The van der Waals surface area contributed by atoms with Crippen LogP contribution in [0.4, 0.5) is 0 Å². The lowest BCUT2D eigenvalue weighted by molar-refractivity contribution is -0.383. The molecule has 4 saturated heterocycles. The van der Waals surface area contributed by atoms with Gasteiger partial charge >= 0.3 is 71.6 Å². The quantitative estimate of drug-likeness (QED) is 0.0320. The van der Waals surface area contributed by atoms with Crippen molar-refractivity contribution in [1.29, 1.82) is 0 Å². The Morgan fingerprint density at radius 3 is 0.904 bits per heavy atom. The van der Waals surface area contributed by atoms with E-state index in [0.717, 1.165) is 83.1 Å². The van der Waals surface area contributed by atoms with Gasteiger partial charge in [0.05, 0.1) is 0 Å². The molecule has 0 N–H and O–H groups in total. The maximum Gasteiger partial charge on any atom is 0.305 e. The normalized spacial score (nSPS) is 32.9. The Balaban J connectivity index is 1.93. The van der Waals surface area contributed by atoms with Crippen LogP contribution in [0.25, 0.3) is 10.4 Å². The van der Waals surface area contributed by atoms with Gasteiger partial charge in [-0.25, -0.2) is 0 Å². The third kappa shape index (κ3) is 20.2. The van der Waals surface area contributed by atoms with E-state index in [9.17, 15) is 63.1 Å². The molecule has 34 nitrogen and oxygen atoms in total. The lowest BCUT2D eigenvalue weighted by Crippen LogP contribution is -2.69. The van der Waals surface area contributed by atoms with Gasteiger partial charge in [-0.3, -0.25) is 57.5 Å². The third-order valence-corrected chi connectivity index (χ3v) is 12.3. The molecular weight excluding hydrogens is 1190 g/mol. The molecule has 0 amide bonds. The Hall–Kier alpha value is -6.85. The van der Waals surface area contributed by atoms with Crippen LogP contribution in [0.15, 0.2) is 5.11 Å². The predicted octanol–water partition coefficient (Wildman–Crippen LogP) is -0.179. The van der Waals surface area contributed by atoms with Gasteiger partial charge in [0.1, 0.15) is 68.6 Å². The molecule has 0 radical (unpaired) electrons. The summed E-state index contributed by atoms with van der Waals surface area (Å²) in [7, 11) is 0. The molecule has 4 fully saturated rings. The average Bonchev–Trinajstić information content (AvgIpc) is 3.40. The minimum absolute atomic E-state index is 0.343. The van der Waals surface area contributed by atoms with Gasteiger partial charge < -0.3 is 90.0 Å². The van der Waals surface area contributed by atoms with Crippen LogP contribution in [0.3, 0.4) is 0 Å². The van der Waals surface area contributed by atoms with E-state index in [1.165, 1.54) is 0 Å². The number of esters is 12. The zero-order chi connectivity index (χ0) is 62.2. The number of alkyl halides is 1. The van der Waals surface area contributed by atoms with E-state index in [4.69, 9.17) is 90.0 Å². The van der Waals surface area contributed by atoms with E-state index in [2.05, 4.69) is 26.0 Å². The van der Waals surface area contributed by atoms with Crippen molar-refractivity contribution in [2.45, 2.75) is 206 Å². The summed E-state index contributed by atoms with van der Waals surface area (Å²) in [5.41, 5.74) is 9.56. The molecule has 0 aliphatic carbocycles. The Morgan fingerprint density at radius 2 is 0.590 bits per heavy atom. The Kier molecular flexibility index (Phi) is 26.2. The van der Waals surface area contributed by atoms with Gasteiger partial charge in [0.15, 0.2) is 61.6 Å². The Labute approximate surface area is 480 Å². The van der Waals surface area contributed by atoms with Gasteiger partial charge in [0.25, 0.3) is 0 Å². The summed E-state index contributed by atoms with van der Waals surface area (Å²) in [6, 6.07) is -1.60. The highest BCUT2D eigenvalue weighted by molar-refractivity contribution is 9.09. The van der Waals surface area contributed by atoms with Crippen LogP contribution < -0.4 is 0 Å². The molecule has 4 aliphatic rings. The number of carbonyl (C=O) groups excluding carboxylic acids is 12. The maximum absolute atomic E-state index is 13.2. The van der Waals surface area contributed by atoms with Crippen LogP contribution in [0, 0.1) is 0 Å². The highest BCUT2D eigenvalue weighted by Gasteiger charge is 2.61. The average molecular weight is 1260 g/mol. The third-order valence-electron chi connectivity index (χ3n) is 11.7. The maximum atomic E-state index is 13.2. The highest BCUT2D eigenvalue weighted by Crippen LogP contribution is 2.40. The Bertz CT molecular complexity index is 2440. The summed E-state index contributed by atoms with van der Waals surface area (Å²) in [5, 5.41) is 3.31. The van der Waals surface area contributed by atoms with Crippen molar-refractivity contribution < 1.29 is 148 Å². The lowest BCUT2D eigenvalue weighted by atomic mass is 9.94. The molecule has 35 heteroatoms. The second-order valence-electron chi connectivity index (χ2n) is 18.4. The summed E-state index contributed by atoms with van der Waals surface area (Å²) in [4.78, 5) is 155. The van der Waals surface area contributed by atoms with Gasteiger partial charge in [0.2, 0.25) is 12.4 Å². The van der Waals surface area contributed by atoms with Crippen molar-refractivity contribution in [3.8, 4) is 0 Å². The summed E-state index contributed by atoms with van der Waals surface area (Å²) in [6.45, 7) is 9.29. The van der Waals surface area contributed by atoms with E-state index in [-0.39, 0.29) is 5.33 Å². The molecular formula is C48H64BrN3O31. The number of halogens is 1. The first kappa shape index (κ1) is 68.6. The second-order valence-corrected chi connectivity index (χ2v) is 19.1. The van der Waals surface area contributed by atoms with Gasteiger partial charge in [-0.2, -0.15) is 0 Å². The standard InChI is InChI=1S/C48H64BrN3O31/c1-17(53)65-14-30-33(51-52-50)37(68-20(4)56)41(72-24(8)60)46(78-30)82-36-32(16-67-19(3)55)80-48(44(75-27(11)63)40(36)71-23(7)59)81-34-29(13-49)77-47(43(74-26(10)62)38(34)69-21(5)57)83-35-31(15-66-18(2)54)79-45(76-28(12)64)42(73-25(9)61)39(35)70-22(6)58/h29-48H,13-16H2,1-12H3/t29?,30?,31?,32?,33-,34-,35-,36-,37+,38-,39-,40+,41?,42?,43?,44?,45+,46-,47-,48-/m1/s1. The summed E-state index contributed by atoms with van der Waals surface area (Å²) < 4.78 is 110. The molecule has 0 aromatic carbocycles. The SMILES string of the molecule is CC(=O)OCC1O[C@H](O[C@@H]2C(COC(C)=O)O[C@H](O[C@@H]3C(CBr)O[C@H](O[C@@H]4C(COC(C)=O)O[C@H](OC(C)=O)C(OC(C)=O)[C@@H]4OC(C)=O)C(OC(C)=O)[C@@H]3OC(C)=O)C(OC(C)=O)[C@H]2OC(C)=O)C(OC(C)=O)[C@@H](OC(C)=O)[C@@H]1N=[N+]=[N-].